The van der Waals surface area contributed by atoms with Crippen molar-refractivity contribution in [1.82, 2.24) is 10.1 Å². The first-order chi connectivity index (χ1) is 13.6. The summed E-state index contributed by atoms with van der Waals surface area (Å²) in [5.41, 5.74) is 3.05. The standard InChI is InChI=1S/C21H17FN2O4/c1-27-21(26)15-4-2-3-14(11-15)20(25)24-10-9-18-17(12-24)19(28-23-18)13-5-7-16(22)8-6-13/h2-8,11H,9-10,12H2,1H3. The van der Waals surface area contributed by atoms with Crippen LogP contribution >= 0.6 is 0 Å². The van der Waals surface area contributed by atoms with Crippen molar-refractivity contribution in [2.75, 3.05) is 13.7 Å². The van der Waals surface area contributed by atoms with E-state index in [9.17, 15) is 14.0 Å². The quantitative estimate of drug-likeness (QED) is 0.651. The molecule has 4 rings (SSSR count). The van der Waals surface area contributed by atoms with Gasteiger partial charge in [0.15, 0.2) is 5.76 Å². The van der Waals surface area contributed by atoms with Crippen molar-refractivity contribution >= 4 is 11.9 Å². The minimum absolute atomic E-state index is 0.192. The van der Waals surface area contributed by atoms with Gasteiger partial charge in [-0.15, -0.1) is 0 Å². The molecule has 3 aromatic rings. The molecule has 28 heavy (non-hydrogen) atoms. The van der Waals surface area contributed by atoms with E-state index in [0.29, 0.717) is 42.0 Å². The number of hydrogen-bond donors (Lipinski definition) is 0. The Morgan fingerprint density at radius 2 is 1.89 bits per heavy atom. The second-order valence-corrected chi connectivity index (χ2v) is 6.49. The summed E-state index contributed by atoms with van der Waals surface area (Å²) in [4.78, 5) is 26.4. The van der Waals surface area contributed by atoms with Gasteiger partial charge in [0, 0.05) is 29.7 Å². The first-order valence-corrected chi connectivity index (χ1v) is 8.78. The SMILES string of the molecule is COC(=O)c1cccc(C(=O)N2CCc3noc(-c4ccc(F)cc4)c3C2)c1. The second kappa shape index (κ2) is 7.26. The predicted octanol–water partition coefficient (Wildman–Crippen LogP) is 3.47. The van der Waals surface area contributed by atoms with E-state index in [4.69, 9.17) is 9.26 Å². The summed E-state index contributed by atoms with van der Waals surface area (Å²) >= 11 is 0. The van der Waals surface area contributed by atoms with Crippen LogP contribution in [0.3, 0.4) is 0 Å². The van der Waals surface area contributed by atoms with Crippen molar-refractivity contribution in [3.63, 3.8) is 0 Å². The van der Waals surface area contributed by atoms with Crippen LogP contribution in [0.25, 0.3) is 11.3 Å². The molecule has 7 heteroatoms. The molecular formula is C21H17FN2O4. The largest absolute Gasteiger partial charge is 0.465 e. The number of carbonyl (C=O) groups excluding carboxylic acids is 2. The van der Waals surface area contributed by atoms with E-state index < -0.39 is 5.97 Å². The summed E-state index contributed by atoms with van der Waals surface area (Å²) in [6, 6.07) is 12.4. The number of ether oxygens (including phenoxy) is 1. The Hall–Kier alpha value is -3.48. The highest BCUT2D eigenvalue weighted by atomic mass is 19.1. The van der Waals surface area contributed by atoms with Gasteiger partial charge in [-0.1, -0.05) is 11.2 Å². The minimum atomic E-state index is -0.492. The number of rotatable bonds is 3. The third kappa shape index (κ3) is 3.26. The number of fused-ring (bicyclic) bond motifs is 1. The second-order valence-electron chi connectivity index (χ2n) is 6.49. The minimum Gasteiger partial charge on any atom is -0.465 e. The molecule has 2 aromatic carbocycles. The average Bonchev–Trinajstić information content (AvgIpc) is 3.16. The number of esters is 1. The Morgan fingerprint density at radius 1 is 1.14 bits per heavy atom. The van der Waals surface area contributed by atoms with Crippen LogP contribution in [0, 0.1) is 5.82 Å². The molecule has 0 saturated carbocycles. The van der Waals surface area contributed by atoms with Crippen LogP contribution in [-0.2, 0) is 17.7 Å². The molecule has 0 fully saturated rings. The van der Waals surface area contributed by atoms with Crippen molar-refractivity contribution in [3.8, 4) is 11.3 Å². The highest BCUT2D eigenvalue weighted by Crippen LogP contribution is 2.31. The van der Waals surface area contributed by atoms with E-state index in [2.05, 4.69) is 5.16 Å². The molecule has 1 aliphatic heterocycles. The Kier molecular flexibility index (Phi) is 4.65. The lowest BCUT2D eigenvalue weighted by Crippen LogP contribution is -2.36. The lowest BCUT2D eigenvalue weighted by Gasteiger charge is -2.26. The summed E-state index contributed by atoms with van der Waals surface area (Å²) in [6.45, 7) is 0.816. The Balaban J connectivity index is 1.60. The van der Waals surface area contributed by atoms with Gasteiger partial charge < -0.3 is 14.2 Å². The first-order valence-electron chi connectivity index (χ1n) is 8.78. The van der Waals surface area contributed by atoms with Crippen LogP contribution in [0.5, 0.6) is 0 Å². The van der Waals surface area contributed by atoms with Crippen LogP contribution in [0.1, 0.15) is 32.0 Å². The molecule has 0 aliphatic carbocycles. The van der Waals surface area contributed by atoms with Crippen LogP contribution in [0.4, 0.5) is 4.39 Å². The topological polar surface area (TPSA) is 72.6 Å². The van der Waals surface area contributed by atoms with E-state index in [1.807, 2.05) is 0 Å². The molecule has 0 saturated heterocycles. The number of amides is 1. The van der Waals surface area contributed by atoms with Gasteiger partial charge in [0.25, 0.3) is 5.91 Å². The van der Waals surface area contributed by atoms with Gasteiger partial charge in [-0.25, -0.2) is 9.18 Å². The maximum absolute atomic E-state index is 13.2. The van der Waals surface area contributed by atoms with Gasteiger partial charge in [-0.05, 0) is 42.5 Å². The Labute approximate surface area is 160 Å². The lowest BCUT2D eigenvalue weighted by molar-refractivity contribution is 0.0600. The van der Waals surface area contributed by atoms with E-state index in [1.165, 1.54) is 25.3 Å². The molecule has 2 heterocycles. The van der Waals surface area contributed by atoms with Gasteiger partial charge in [-0.2, -0.15) is 0 Å². The normalized spacial score (nSPS) is 13.1. The molecule has 142 valence electrons. The van der Waals surface area contributed by atoms with Crippen molar-refractivity contribution in [3.05, 3.63) is 76.7 Å². The molecule has 6 nitrogen and oxygen atoms in total. The molecule has 0 bridgehead atoms. The molecule has 0 spiro atoms. The van der Waals surface area contributed by atoms with E-state index in [-0.39, 0.29) is 11.7 Å². The zero-order valence-electron chi connectivity index (χ0n) is 15.1. The molecule has 0 N–H and O–H groups in total. The Bertz CT molecular complexity index is 1040. The molecule has 0 atom stereocenters. The molecular weight excluding hydrogens is 363 g/mol. The van der Waals surface area contributed by atoms with Crippen molar-refractivity contribution < 1.29 is 23.2 Å². The zero-order chi connectivity index (χ0) is 19.7. The third-order valence-corrected chi connectivity index (χ3v) is 4.76. The van der Waals surface area contributed by atoms with Crippen LogP contribution in [-0.4, -0.2) is 35.6 Å². The van der Waals surface area contributed by atoms with Crippen molar-refractivity contribution in [2.45, 2.75) is 13.0 Å². The fraction of sp³-hybridized carbons (Fsp3) is 0.190. The van der Waals surface area contributed by atoms with Gasteiger partial charge in [0.05, 0.1) is 24.9 Å². The lowest BCUT2D eigenvalue weighted by atomic mass is 10.0. The molecule has 0 unspecified atom stereocenters. The van der Waals surface area contributed by atoms with E-state index in [1.54, 1.807) is 35.2 Å². The van der Waals surface area contributed by atoms with Crippen molar-refractivity contribution in [1.29, 1.82) is 0 Å². The Morgan fingerprint density at radius 3 is 2.64 bits per heavy atom. The summed E-state index contributed by atoms with van der Waals surface area (Å²) < 4.78 is 23.4. The predicted molar refractivity (Wildman–Crippen MR) is 98.1 cm³/mol. The fourth-order valence-electron chi connectivity index (χ4n) is 3.29. The molecule has 1 aliphatic rings. The summed E-state index contributed by atoms with van der Waals surface area (Å²) in [5.74, 6) is -0.480. The van der Waals surface area contributed by atoms with Crippen LogP contribution < -0.4 is 0 Å². The summed E-state index contributed by atoms with van der Waals surface area (Å²) in [7, 11) is 1.30. The number of nitrogens with zero attached hydrogens (tertiary/aromatic N) is 2. The van der Waals surface area contributed by atoms with E-state index >= 15 is 0 Å². The maximum atomic E-state index is 13.2. The van der Waals surface area contributed by atoms with E-state index in [0.717, 1.165) is 11.3 Å². The highest BCUT2D eigenvalue weighted by molar-refractivity contribution is 5.98. The number of carbonyl (C=O) groups is 2. The van der Waals surface area contributed by atoms with Gasteiger partial charge >= 0.3 is 5.97 Å². The number of benzene rings is 2. The summed E-state index contributed by atoms with van der Waals surface area (Å²) in [5, 5.41) is 4.10. The summed E-state index contributed by atoms with van der Waals surface area (Å²) in [6.07, 6.45) is 0.558. The zero-order valence-corrected chi connectivity index (χ0v) is 15.1. The molecule has 1 aromatic heterocycles. The average molecular weight is 380 g/mol. The molecule has 1 amide bonds. The third-order valence-electron chi connectivity index (χ3n) is 4.76. The fourth-order valence-corrected chi connectivity index (χ4v) is 3.29. The maximum Gasteiger partial charge on any atom is 0.337 e. The van der Waals surface area contributed by atoms with Crippen LogP contribution in [0.15, 0.2) is 53.1 Å². The number of halogens is 1. The van der Waals surface area contributed by atoms with Gasteiger partial charge in [0.1, 0.15) is 5.82 Å². The number of hydrogen-bond acceptors (Lipinski definition) is 5. The number of aromatic nitrogens is 1. The first kappa shape index (κ1) is 17.9. The van der Waals surface area contributed by atoms with Crippen molar-refractivity contribution in [2.24, 2.45) is 0 Å². The monoisotopic (exact) mass is 380 g/mol. The number of methoxy groups -OCH3 is 1. The van der Waals surface area contributed by atoms with Gasteiger partial charge in [-0.3, -0.25) is 4.79 Å². The van der Waals surface area contributed by atoms with Crippen LogP contribution in [0.2, 0.25) is 0 Å². The highest BCUT2D eigenvalue weighted by Gasteiger charge is 2.28. The molecule has 0 radical (unpaired) electrons. The van der Waals surface area contributed by atoms with Gasteiger partial charge in [0.2, 0.25) is 0 Å². The smallest absolute Gasteiger partial charge is 0.337 e.